The second-order valence-corrected chi connectivity index (χ2v) is 3.03. The monoisotopic (exact) mass is 222 g/mol. The van der Waals surface area contributed by atoms with E-state index in [1.165, 1.54) is 0 Å². The number of hydrogen-bond donors (Lipinski definition) is 3. The Hall–Kier alpha value is -1.95. The van der Waals surface area contributed by atoms with Crippen molar-refractivity contribution in [2.24, 2.45) is 10.8 Å². The van der Waals surface area contributed by atoms with Crippen LogP contribution in [0.4, 0.5) is 5.69 Å². The average molecular weight is 222 g/mol. The fourth-order valence-electron chi connectivity index (χ4n) is 0.851. The number of nitrogens with two attached hydrogens (primary N) is 1. The molecule has 1 aromatic carbocycles. The Balaban J connectivity index is 2.43. The van der Waals surface area contributed by atoms with E-state index in [0.717, 1.165) is 6.21 Å². The number of hydrazone groups is 1. The van der Waals surface area contributed by atoms with Gasteiger partial charge in [0, 0.05) is 5.69 Å². The van der Waals surface area contributed by atoms with Gasteiger partial charge < -0.3 is 11.1 Å². The maximum absolute atomic E-state index is 11.2. The van der Waals surface area contributed by atoms with Gasteiger partial charge in [0.15, 0.2) is 5.11 Å². The van der Waals surface area contributed by atoms with Crippen molar-refractivity contribution in [3.8, 4) is 0 Å². The summed E-state index contributed by atoms with van der Waals surface area (Å²) < 4.78 is 0. The first kappa shape index (κ1) is 11.1. The standard InChI is InChI=1S/C9H10N4OS/c10-9(15)13-11-6-8(14)12-7-4-2-1-3-5-7/h1-6H,(H,12,14)(H3,10,13,15). The van der Waals surface area contributed by atoms with Crippen molar-refractivity contribution in [1.82, 2.24) is 5.43 Å². The lowest BCUT2D eigenvalue weighted by Gasteiger charge is -2.00. The summed E-state index contributed by atoms with van der Waals surface area (Å²) in [6, 6.07) is 9.04. The van der Waals surface area contributed by atoms with Gasteiger partial charge in [0.1, 0.15) is 6.21 Å². The van der Waals surface area contributed by atoms with Gasteiger partial charge in [-0.1, -0.05) is 18.2 Å². The molecular weight excluding hydrogens is 212 g/mol. The smallest absolute Gasteiger partial charge is 0.268 e. The number of amides is 1. The molecule has 78 valence electrons. The Labute approximate surface area is 92.4 Å². The average Bonchev–Trinajstić information content (AvgIpc) is 2.18. The number of nitrogens with zero attached hydrogens (tertiary/aromatic N) is 1. The SMILES string of the molecule is NC(=S)NN=CC(=O)Nc1ccccc1. The predicted molar refractivity (Wildman–Crippen MR) is 63.5 cm³/mol. The number of hydrogen-bond acceptors (Lipinski definition) is 3. The topological polar surface area (TPSA) is 79.5 Å². The molecule has 0 aliphatic rings. The van der Waals surface area contributed by atoms with Crippen molar-refractivity contribution in [2.45, 2.75) is 0 Å². The van der Waals surface area contributed by atoms with Crippen LogP contribution in [0.25, 0.3) is 0 Å². The summed E-state index contributed by atoms with van der Waals surface area (Å²) in [7, 11) is 0. The lowest BCUT2D eigenvalue weighted by atomic mass is 10.3. The number of anilines is 1. The molecule has 0 aromatic heterocycles. The Morgan fingerprint density at radius 2 is 2.07 bits per heavy atom. The molecule has 5 nitrogen and oxygen atoms in total. The second-order valence-electron chi connectivity index (χ2n) is 2.59. The van der Waals surface area contributed by atoms with Crippen LogP contribution < -0.4 is 16.5 Å². The molecule has 0 atom stereocenters. The van der Waals surface area contributed by atoms with Crippen LogP contribution in [0.2, 0.25) is 0 Å². The molecule has 0 aliphatic carbocycles. The maximum atomic E-state index is 11.2. The van der Waals surface area contributed by atoms with Crippen LogP contribution in [0.5, 0.6) is 0 Å². The third kappa shape index (κ3) is 4.72. The highest BCUT2D eigenvalue weighted by atomic mass is 32.1. The molecule has 6 heteroatoms. The van der Waals surface area contributed by atoms with E-state index in [4.69, 9.17) is 5.73 Å². The normalized spacial score (nSPS) is 9.87. The first-order valence-corrected chi connectivity index (χ1v) is 4.54. The molecule has 1 amide bonds. The summed E-state index contributed by atoms with van der Waals surface area (Å²) in [6.07, 6.45) is 1.06. The quantitative estimate of drug-likeness (QED) is 0.394. The Morgan fingerprint density at radius 3 is 2.67 bits per heavy atom. The van der Waals surface area contributed by atoms with Crippen molar-refractivity contribution < 1.29 is 4.79 Å². The van der Waals surface area contributed by atoms with Crippen LogP contribution in [0.3, 0.4) is 0 Å². The zero-order chi connectivity index (χ0) is 11.1. The summed E-state index contributed by atoms with van der Waals surface area (Å²) >= 11 is 4.50. The van der Waals surface area contributed by atoms with Crippen LogP contribution in [0.1, 0.15) is 0 Å². The molecule has 0 saturated carbocycles. The van der Waals surface area contributed by atoms with Crippen LogP contribution in [0, 0.1) is 0 Å². The van der Waals surface area contributed by atoms with E-state index in [1.807, 2.05) is 18.2 Å². The van der Waals surface area contributed by atoms with E-state index >= 15 is 0 Å². The van der Waals surface area contributed by atoms with Gasteiger partial charge in [-0.2, -0.15) is 5.10 Å². The van der Waals surface area contributed by atoms with Crippen LogP contribution in [-0.4, -0.2) is 17.2 Å². The second kappa shape index (κ2) is 5.71. The third-order valence-electron chi connectivity index (χ3n) is 1.40. The minimum Gasteiger partial charge on any atom is -0.375 e. The van der Waals surface area contributed by atoms with E-state index in [-0.39, 0.29) is 11.0 Å². The molecule has 0 radical (unpaired) electrons. The molecule has 0 unspecified atom stereocenters. The van der Waals surface area contributed by atoms with Gasteiger partial charge in [0.05, 0.1) is 0 Å². The van der Waals surface area contributed by atoms with Crippen molar-refractivity contribution in [2.75, 3.05) is 5.32 Å². The number of nitrogens with one attached hydrogen (secondary N) is 2. The fourth-order valence-corrected chi connectivity index (χ4v) is 0.903. The van der Waals surface area contributed by atoms with Crippen LogP contribution in [0.15, 0.2) is 35.4 Å². The first-order valence-electron chi connectivity index (χ1n) is 4.13. The van der Waals surface area contributed by atoms with Gasteiger partial charge in [0.25, 0.3) is 5.91 Å². The van der Waals surface area contributed by atoms with E-state index in [0.29, 0.717) is 5.69 Å². The minimum atomic E-state index is -0.357. The number of carbonyl (C=O) groups excluding carboxylic acids is 1. The third-order valence-corrected chi connectivity index (χ3v) is 1.49. The van der Waals surface area contributed by atoms with Crippen molar-refractivity contribution >= 4 is 35.1 Å². The molecule has 15 heavy (non-hydrogen) atoms. The fraction of sp³-hybridized carbons (Fsp3) is 0. The lowest BCUT2D eigenvalue weighted by Crippen LogP contribution is -2.25. The van der Waals surface area contributed by atoms with Crippen molar-refractivity contribution in [3.05, 3.63) is 30.3 Å². The summed E-state index contributed by atoms with van der Waals surface area (Å²) in [5.74, 6) is -0.357. The van der Waals surface area contributed by atoms with Crippen molar-refractivity contribution in [3.63, 3.8) is 0 Å². The van der Waals surface area contributed by atoms with E-state index in [2.05, 4.69) is 28.1 Å². The first-order chi connectivity index (χ1) is 7.18. The molecule has 0 aliphatic heterocycles. The summed E-state index contributed by atoms with van der Waals surface area (Å²) in [5, 5.41) is 6.13. The molecular formula is C9H10N4OS. The summed E-state index contributed by atoms with van der Waals surface area (Å²) in [4.78, 5) is 11.2. The highest BCUT2D eigenvalue weighted by Crippen LogP contribution is 2.03. The molecule has 0 spiro atoms. The van der Waals surface area contributed by atoms with Crippen LogP contribution >= 0.6 is 12.2 Å². The maximum Gasteiger partial charge on any atom is 0.268 e. The Kier molecular flexibility index (Phi) is 4.24. The number of thiocarbonyl (C=S) groups is 1. The summed E-state index contributed by atoms with van der Waals surface area (Å²) in [6.45, 7) is 0. The number of para-hydroxylation sites is 1. The predicted octanol–water partition coefficient (Wildman–Crippen LogP) is 0.444. The van der Waals surface area contributed by atoms with Gasteiger partial charge in [-0.25, -0.2) is 0 Å². The van der Waals surface area contributed by atoms with Crippen molar-refractivity contribution in [1.29, 1.82) is 0 Å². The van der Waals surface area contributed by atoms with Gasteiger partial charge >= 0.3 is 0 Å². The zero-order valence-electron chi connectivity index (χ0n) is 7.81. The van der Waals surface area contributed by atoms with E-state index < -0.39 is 0 Å². The van der Waals surface area contributed by atoms with Crippen LogP contribution in [-0.2, 0) is 4.79 Å². The van der Waals surface area contributed by atoms with Gasteiger partial charge in [-0.3, -0.25) is 10.2 Å². The molecule has 0 saturated heterocycles. The number of benzene rings is 1. The van der Waals surface area contributed by atoms with Gasteiger partial charge in [-0.15, -0.1) is 0 Å². The molecule has 4 N–H and O–H groups in total. The number of rotatable bonds is 3. The molecule has 1 aromatic rings. The summed E-state index contributed by atoms with van der Waals surface area (Å²) in [5.41, 5.74) is 8.08. The molecule has 0 fully saturated rings. The highest BCUT2D eigenvalue weighted by Gasteiger charge is 1.96. The molecule has 1 rings (SSSR count). The van der Waals surface area contributed by atoms with Gasteiger partial charge in [0.2, 0.25) is 0 Å². The highest BCUT2D eigenvalue weighted by molar-refractivity contribution is 7.80. The Bertz CT molecular complexity index is 377. The van der Waals surface area contributed by atoms with Gasteiger partial charge in [-0.05, 0) is 24.4 Å². The molecule has 0 bridgehead atoms. The Morgan fingerprint density at radius 1 is 1.40 bits per heavy atom. The zero-order valence-corrected chi connectivity index (χ0v) is 8.62. The lowest BCUT2D eigenvalue weighted by molar-refractivity contribution is -0.110. The largest absolute Gasteiger partial charge is 0.375 e. The van der Waals surface area contributed by atoms with E-state index in [1.54, 1.807) is 12.1 Å². The number of carbonyl (C=O) groups is 1. The molecule has 0 heterocycles. The minimum absolute atomic E-state index is 0.0127. The van der Waals surface area contributed by atoms with E-state index in [9.17, 15) is 4.79 Å².